The van der Waals surface area contributed by atoms with E-state index >= 15 is 0 Å². The molecule has 1 atom stereocenters. The van der Waals surface area contributed by atoms with E-state index in [2.05, 4.69) is 79.8 Å². The van der Waals surface area contributed by atoms with E-state index in [1.165, 1.54) is 21.6 Å². The first-order valence-corrected chi connectivity index (χ1v) is 11.8. The third kappa shape index (κ3) is 5.68. The van der Waals surface area contributed by atoms with Gasteiger partial charge in [-0.25, -0.2) is 0 Å². The predicted molar refractivity (Wildman–Crippen MR) is 134 cm³/mol. The Morgan fingerprint density at radius 3 is 1.91 bits per heavy atom. The van der Waals surface area contributed by atoms with Gasteiger partial charge in [-0.15, -0.1) is 11.8 Å². The number of hydrogen-bond donors (Lipinski definition) is 1. The van der Waals surface area contributed by atoms with Crippen molar-refractivity contribution in [2.45, 2.75) is 30.5 Å². The molecule has 0 saturated heterocycles. The van der Waals surface area contributed by atoms with Crippen LogP contribution in [0, 0.1) is 13.8 Å². The molecule has 0 bridgehead atoms. The van der Waals surface area contributed by atoms with Crippen LogP contribution in [0.1, 0.15) is 44.2 Å². The summed E-state index contributed by atoms with van der Waals surface area (Å²) in [6.45, 7) is 4.16. The predicted octanol–water partition coefficient (Wildman–Crippen LogP) is 7.12. The summed E-state index contributed by atoms with van der Waals surface area (Å²) in [6, 6.07) is 34.7. The van der Waals surface area contributed by atoms with Crippen molar-refractivity contribution in [3.8, 4) is 0 Å². The Hall–Kier alpha value is -3.30. The number of amides is 1. The SMILES string of the molecule is Cc1ccc(SCc2ccc(C(=O)NC(c3ccccc3)c3ccc(C)cc3)cc2)cc1. The number of carbonyl (C=O) groups excluding carboxylic acids is 1. The standard InChI is InChI=1S/C29H27NOS/c1-21-8-14-25(15-9-21)28(24-6-4-3-5-7-24)30-29(31)26-16-12-23(13-17-26)20-32-27-18-10-22(2)11-19-27/h3-19,28H,20H2,1-2H3,(H,30,31). The molecule has 0 fully saturated rings. The van der Waals surface area contributed by atoms with E-state index in [9.17, 15) is 4.79 Å². The summed E-state index contributed by atoms with van der Waals surface area (Å²) >= 11 is 1.80. The van der Waals surface area contributed by atoms with Gasteiger partial charge in [0, 0.05) is 16.2 Å². The number of aryl methyl sites for hydroxylation is 2. The molecule has 3 heteroatoms. The van der Waals surface area contributed by atoms with Gasteiger partial charge in [-0.05, 0) is 54.8 Å². The van der Waals surface area contributed by atoms with E-state index in [0.717, 1.165) is 16.9 Å². The van der Waals surface area contributed by atoms with Crippen LogP contribution in [0.3, 0.4) is 0 Å². The van der Waals surface area contributed by atoms with Gasteiger partial charge in [0.15, 0.2) is 0 Å². The first kappa shape index (κ1) is 21.9. The van der Waals surface area contributed by atoms with Gasteiger partial charge in [0.2, 0.25) is 0 Å². The number of benzene rings is 4. The lowest BCUT2D eigenvalue weighted by Crippen LogP contribution is -2.29. The second-order valence-electron chi connectivity index (χ2n) is 8.03. The molecular formula is C29H27NOS. The highest BCUT2D eigenvalue weighted by Crippen LogP contribution is 2.25. The average Bonchev–Trinajstić information content (AvgIpc) is 2.83. The normalized spacial score (nSPS) is 11.7. The zero-order valence-electron chi connectivity index (χ0n) is 18.4. The van der Waals surface area contributed by atoms with Crippen LogP contribution < -0.4 is 5.32 Å². The lowest BCUT2D eigenvalue weighted by molar-refractivity contribution is 0.0943. The van der Waals surface area contributed by atoms with E-state index in [1.54, 1.807) is 11.8 Å². The van der Waals surface area contributed by atoms with Gasteiger partial charge in [-0.1, -0.05) is 90.0 Å². The van der Waals surface area contributed by atoms with Crippen LogP contribution in [-0.2, 0) is 5.75 Å². The van der Waals surface area contributed by atoms with Gasteiger partial charge < -0.3 is 5.32 Å². The Labute approximate surface area is 194 Å². The highest BCUT2D eigenvalue weighted by molar-refractivity contribution is 7.98. The van der Waals surface area contributed by atoms with Gasteiger partial charge in [-0.2, -0.15) is 0 Å². The summed E-state index contributed by atoms with van der Waals surface area (Å²) in [5.41, 5.74) is 6.47. The van der Waals surface area contributed by atoms with Crippen LogP contribution in [0.15, 0.2) is 108 Å². The Morgan fingerprint density at radius 1 is 0.719 bits per heavy atom. The molecule has 4 aromatic carbocycles. The molecule has 0 radical (unpaired) electrons. The minimum absolute atomic E-state index is 0.0721. The highest BCUT2D eigenvalue weighted by Gasteiger charge is 2.17. The Morgan fingerprint density at radius 2 is 1.28 bits per heavy atom. The molecule has 0 saturated carbocycles. The quantitative estimate of drug-likeness (QED) is 0.312. The van der Waals surface area contributed by atoms with E-state index in [0.29, 0.717) is 5.56 Å². The fraction of sp³-hybridized carbons (Fsp3) is 0.138. The van der Waals surface area contributed by atoms with E-state index in [-0.39, 0.29) is 11.9 Å². The van der Waals surface area contributed by atoms with Gasteiger partial charge in [0.05, 0.1) is 6.04 Å². The van der Waals surface area contributed by atoms with Crippen molar-refractivity contribution >= 4 is 17.7 Å². The molecule has 4 rings (SSSR count). The topological polar surface area (TPSA) is 29.1 Å². The maximum absolute atomic E-state index is 13.1. The molecule has 2 nitrogen and oxygen atoms in total. The molecule has 4 aromatic rings. The smallest absolute Gasteiger partial charge is 0.252 e. The lowest BCUT2D eigenvalue weighted by Gasteiger charge is -2.20. The average molecular weight is 438 g/mol. The Kier molecular flexibility index (Phi) is 7.08. The Bertz CT molecular complexity index is 1150. The molecule has 1 N–H and O–H groups in total. The number of rotatable bonds is 7. The van der Waals surface area contributed by atoms with Gasteiger partial charge in [0.25, 0.3) is 5.91 Å². The van der Waals surface area contributed by atoms with Crippen molar-refractivity contribution in [3.63, 3.8) is 0 Å². The number of hydrogen-bond acceptors (Lipinski definition) is 2. The van der Waals surface area contributed by atoms with E-state index in [1.807, 2.05) is 42.5 Å². The summed E-state index contributed by atoms with van der Waals surface area (Å²) in [4.78, 5) is 14.3. The van der Waals surface area contributed by atoms with Crippen molar-refractivity contribution in [1.29, 1.82) is 0 Å². The zero-order valence-corrected chi connectivity index (χ0v) is 19.2. The molecule has 32 heavy (non-hydrogen) atoms. The molecule has 160 valence electrons. The minimum Gasteiger partial charge on any atom is -0.341 e. The van der Waals surface area contributed by atoms with Crippen LogP contribution in [0.2, 0.25) is 0 Å². The molecule has 0 heterocycles. The summed E-state index contributed by atoms with van der Waals surface area (Å²) in [5.74, 6) is 0.804. The number of carbonyl (C=O) groups is 1. The van der Waals surface area contributed by atoms with Crippen LogP contribution >= 0.6 is 11.8 Å². The van der Waals surface area contributed by atoms with E-state index in [4.69, 9.17) is 0 Å². The second kappa shape index (κ2) is 10.3. The minimum atomic E-state index is -0.193. The highest BCUT2D eigenvalue weighted by atomic mass is 32.2. The first-order valence-electron chi connectivity index (χ1n) is 10.8. The molecule has 0 aromatic heterocycles. The number of thioether (sulfide) groups is 1. The summed E-state index contributed by atoms with van der Waals surface area (Å²) in [7, 11) is 0. The van der Waals surface area contributed by atoms with Gasteiger partial charge >= 0.3 is 0 Å². The van der Waals surface area contributed by atoms with Crippen LogP contribution in [0.25, 0.3) is 0 Å². The summed E-state index contributed by atoms with van der Waals surface area (Å²) in [5, 5.41) is 3.22. The summed E-state index contributed by atoms with van der Waals surface area (Å²) < 4.78 is 0. The Balaban J connectivity index is 1.46. The molecule has 1 amide bonds. The first-order chi connectivity index (χ1) is 15.6. The van der Waals surface area contributed by atoms with Crippen molar-refractivity contribution in [2.75, 3.05) is 0 Å². The number of nitrogens with one attached hydrogen (secondary N) is 1. The van der Waals surface area contributed by atoms with Crippen molar-refractivity contribution in [3.05, 3.63) is 137 Å². The van der Waals surface area contributed by atoms with Gasteiger partial charge in [0.1, 0.15) is 0 Å². The van der Waals surface area contributed by atoms with Gasteiger partial charge in [-0.3, -0.25) is 4.79 Å². The van der Waals surface area contributed by atoms with Crippen molar-refractivity contribution < 1.29 is 4.79 Å². The fourth-order valence-corrected chi connectivity index (χ4v) is 4.39. The molecule has 0 aliphatic carbocycles. The van der Waals surface area contributed by atoms with Crippen LogP contribution in [-0.4, -0.2) is 5.91 Å². The van der Waals surface area contributed by atoms with E-state index < -0.39 is 0 Å². The zero-order chi connectivity index (χ0) is 22.3. The monoisotopic (exact) mass is 437 g/mol. The molecule has 1 unspecified atom stereocenters. The van der Waals surface area contributed by atoms with Crippen LogP contribution in [0.5, 0.6) is 0 Å². The third-order valence-electron chi connectivity index (χ3n) is 5.46. The molecular weight excluding hydrogens is 410 g/mol. The molecule has 0 spiro atoms. The third-order valence-corrected chi connectivity index (χ3v) is 6.54. The maximum Gasteiger partial charge on any atom is 0.252 e. The van der Waals surface area contributed by atoms with Crippen molar-refractivity contribution in [1.82, 2.24) is 5.32 Å². The largest absolute Gasteiger partial charge is 0.341 e. The van der Waals surface area contributed by atoms with Crippen molar-refractivity contribution in [2.24, 2.45) is 0 Å². The maximum atomic E-state index is 13.1. The molecule has 0 aliphatic rings. The fourth-order valence-electron chi connectivity index (χ4n) is 3.53. The lowest BCUT2D eigenvalue weighted by atomic mass is 9.97. The van der Waals surface area contributed by atoms with Crippen LogP contribution in [0.4, 0.5) is 0 Å². The second-order valence-corrected chi connectivity index (χ2v) is 9.08. The summed E-state index contributed by atoms with van der Waals surface area (Å²) in [6.07, 6.45) is 0. The molecule has 0 aliphatic heterocycles.